The Morgan fingerprint density at radius 2 is 2.11 bits per heavy atom. The van der Waals surface area contributed by atoms with Gasteiger partial charge in [0.1, 0.15) is 0 Å². The monoisotopic (exact) mass is 255 g/mol. The first-order valence-electron chi connectivity index (χ1n) is 6.95. The number of ether oxygens (including phenoxy) is 1. The normalized spacial score (nSPS) is 15.8. The molecule has 1 heterocycles. The number of hydrogen-bond donors (Lipinski definition) is 2. The molecule has 1 aliphatic heterocycles. The van der Waals surface area contributed by atoms with Gasteiger partial charge >= 0.3 is 0 Å². The number of hydrogen-bond acceptors (Lipinski definition) is 3. The quantitative estimate of drug-likeness (QED) is 0.732. The highest BCUT2D eigenvalue weighted by molar-refractivity contribution is 5.91. The van der Waals surface area contributed by atoms with Crippen LogP contribution in [0.5, 0.6) is 0 Å². The van der Waals surface area contributed by atoms with Gasteiger partial charge in [-0.25, -0.2) is 0 Å². The Morgan fingerprint density at radius 3 is 2.61 bits per heavy atom. The predicted octanol–water partition coefficient (Wildman–Crippen LogP) is 2.13. The van der Waals surface area contributed by atoms with E-state index in [1.807, 2.05) is 19.9 Å². The Morgan fingerprint density at radius 1 is 1.44 bits per heavy atom. The molecule has 0 atom stereocenters. The minimum Gasteiger partial charge on any atom is -0.488 e. The van der Waals surface area contributed by atoms with Crippen molar-refractivity contribution in [3.05, 3.63) is 11.8 Å². The van der Waals surface area contributed by atoms with Gasteiger partial charge in [0.25, 0.3) is 5.91 Å². The first-order valence-corrected chi connectivity index (χ1v) is 6.95. The number of carbonyl (C=O) groups excluding carboxylic acids is 1. The van der Waals surface area contributed by atoms with Crippen molar-refractivity contribution in [2.45, 2.75) is 58.0 Å². The van der Waals surface area contributed by atoms with Crippen LogP contribution >= 0.6 is 0 Å². The Bertz CT molecular complexity index is 293. The third kappa shape index (κ3) is 4.69. The first-order chi connectivity index (χ1) is 8.61. The van der Waals surface area contributed by atoms with Gasteiger partial charge in [-0.3, -0.25) is 4.79 Å². The zero-order valence-corrected chi connectivity index (χ0v) is 11.5. The van der Waals surface area contributed by atoms with Crippen molar-refractivity contribution in [1.82, 2.24) is 5.32 Å². The maximum Gasteiger partial charge on any atom is 0.286 e. The van der Waals surface area contributed by atoms with Crippen molar-refractivity contribution in [1.29, 1.82) is 0 Å². The van der Waals surface area contributed by atoms with E-state index < -0.39 is 5.60 Å². The zero-order valence-electron chi connectivity index (χ0n) is 11.5. The van der Waals surface area contributed by atoms with E-state index in [4.69, 9.17) is 4.74 Å². The highest BCUT2D eigenvalue weighted by Gasteiger charge is 2.26. The summed E-state index contributed by atoms with van der Waals surface area (Å²) >= 11 is 0. The van der Waals surface area contributed by atoms with E-state index in [1.165, 1.54) is 0 Å². The fourth-order valence-corrected chi connectivity index (χ4v) is 2.28. The number of carbonyl (C=O) groups is 1. The SMILES string of the molecule is CCCC(O)(CCC)CNC(=O)C1=CCCCO1. The third-order valence-electron chi connectivity index (χ3n) is 3.17. The van der Waals surface area contributed by atoms with Gasteiger partial charge in [-0.2, -0.15) is 0 Å². The van der Waals surface area contributed by atoms with Crippen LogP contribution in [0.15, 0.2) is 11.8 Å². The van der Waals surface area contributed by atoms with Crippen molar-refractivity contribution in [2.24, 2.45) is 0 Å². The molecule has 0 spiro atoms. The van der Waals surface area contributed by atoms with E-state index in [-0.39, 0.29) is 5.91 Å². The molecule has 0 aromatic heterocycles. The van der Waals surface area contributed by atoms with Crippen LogP contribution in [0, 0.1) is 0 Å². The molecule has 1 amide bonds. The van der Waals surface area contributed by atoms with Gasteiger partial charge in [0.2, 0.25) is 0 Å². The van der Waals surface area contributed by atoms with Gasteiger partial charge in [-0.1, -0.05) is 26.7 Å². The van der Waals surface area contributed by atoms with Gasteiger partial charge in [0.05, 0.1) is 12.2 Å². The number of rotatable bonds is 7. The molecule has 0 aromatic rings. The van der Waals surface area contributed by atoms with E-state index in [0.717, 1.165) is 25.7 Å². The molecular formula is C14H25NO3. The largest absolute Gasteiger partial charge is 0.488 e. The minimum absolute atomic E-state index is 0.208. The second-order valence-electron chi connectivity index (χ2n) is 4.97. The van der Waals surface area contributed by atoms with Crippen LogP contribution in [0.2, 0.25) is 0 Å². The lowest BCUT2D eigenvalue weighted by molar-refractivity contribution is -0.122. The lowest BCUT2D eigenvalue weighted by Crippen LogP contribution is -2.43. The van der Waals surface area contributed by atoms with Crippen LogP contribution in [0.25, 0.3) is 0 Å². The molecule has 18 heavy (non-hydrogen) atoms. The second-order valence-corrected chi connectivity index (χ2v) is 4.97. The fourth-order valence-electron chi connectivity index (χ4n) is 2.28. The average molecular weight is 255 g/mol. The van der Waals surface area contributed by atoms with Crippen LogP contribution in [-0.2, 0) is 9.53 Å². The van der Waals surface area contributed by atoms with E-state index in [0.29, 0.717) is 31.8 Å². The molecule has 0 radical (unpaired) electrons. The summed E-state index contributed by atoms with van der Waals surface area (Å²) in [5.74, 6) is 0.192. The minimum atomic E-state index is -0.783. The summed E-state index contributed by atoms with van der Waals surface area (Å²) < 4.78 is 5.29. The second kappa shape index (κ2) is 7.41. The Balaban J connectivity index is 2.46. The average Bonchev–Trinajstić information content (AvgIpc) is 2.38. The van der Waals surface area contributed by atoms with Gasteiger partial charge < -0.3 is 15.2 Å². The molecule has 4 nitrogen and oxygen atoms in total. The molecule has 0 aromatic carbocycles. The molecule has 0 saturated heterocycles. The van der Waals surface area contributed by atoms with Gasteiger partial charge in [0.15, 0.2) is 5.76 Å². The summed E-state index contributed by atoms with van der Waals surface area (Å²) in [6.07, 6.45) is 6.90. The molecule has 104 valence electrons. The maximum atomic E-state index is 11.8. The molecule has 4 heteroatoms. The summed E-state index contributed by atoms with van der Waals surface area (Å²) in [6.45, 7) is 4.98. The Kier molecular flexibility index (Phi) is 6.19. The van der Waals surface area contributed by atoms with Crippen molar-refractivity contribution < 1.29 is 14.6 Å². The van der Waals surface area contributed by atoms with Gasteiger partial charge in [-0.15, -0.1) is 0 Å². The summed E-state index contributed by atoms with van der Waals surface area (Å²) in [5, 5.41) is 13.2. The van der Waals surface area contributed by atoms with Crippen molar-refractivity contribution in [3.8, 4) is 0 Å². The van der Waals surface area contributed by atoms with Crippen LogP contribution in [0.3, 0.4) is 0 Å². The van der Waals surface area contributed by atoms with Crippen molar-refractivity contribution >= 4 is 5.91 Å². The number of nitrogens with one attached hydrogen (secondary N) is 1. The van der Waals surface area contributed by atoms with E-state index in [1.54, 1.807) is 0 Å². The molecular weight excluding hydrogens is 230 g/mol. The number of allylic oxidation sites excluding steroid dienone is 1. The summed E-state index contributed by atoms with van der Waals surface area (Å²) in [4.78, 5) is 11.8. The number of aliphatic hydroxyl groups is 1. The fraction of sp³-hybridized carbons (Fsp3) is 0.786. The molecule has 0 fully saturated rings. The van der Waals surface area contributed by atoms with Crippen LogP contribution < -0.4 is 5.32 Å². The smallest absolute Gasteiger partial charge is 0.286 e. The standard InChI is InChI=1S/C14H25NO3/c1-3-8-14(17,9-4-2)11-15-13(16)12-7-5-6-10-18-12/h7,17H,3-6,8-11H2,1-2H3,(H,15,16). The van der Waals surface area contributed by atoms with Crippen molar-refractivity contribution in [3.63, 3.8) is 0 Å². The number of amides is 1. The van der Waals surface area contributed by atoms with Crippen LogP contribution in [0.4, 0.5) is 0 Å². The van der Waals surface area contributed by atoms with Gasteiger partial charge in [0, 0.05) is 6.54 Å². The summed E-state index contributed by atoms with van der Waals surface area (Å²) in [6, 6.07) is 0. The highest BCUT2D eigenvalue weighted by atomic mass is 16.5. The Hall–Kier alpha value is -1.03. The Labute approximate surface area is 109 Å². The molecule has 0 aliphatic carbocycles. The van der Waals surface area contributed by atoms with Crippen LogP contribution in [0.1, 0.15) is 52.4 Å². The summed E-state index contributed by atoms with van der Waals surface area (Å²) in [5.41, 5.74) is -0.783. The third-order valence-corrected chi connectivity index (χ3v) is 3.17. The van der Waals surface area contributed by atoms with Gasteiger partial charge in [-0.05, 0) is 31.8 Å². The lowest BCUT2D eigenvalue weighted by Gasteiger charge is -2.28. The van der Waals surface area contributed by atoms with E-state index in [9.17, 15) is 9.90 Å². The summed E-state index contributed by atoms with van der Waals surface area (Å²) in [7, 11) is 0. The molecule has 0 saturated carbocycles. The van der Waals surface area contributed by atoms with E-state index >= 15 is 0 Å². The molecule has 0 unspecified atom stereocenters. The van der Waals surface area contributed by atoms with Crippen LogP contribution in [-0.4, -0.2) is 29.8 Å². The highest BCUT2D eigenvalue weighted by Crippen LogP contribution is 2.19. The first kappa shape index (κ1) is 15.0. The molecule has 1 rings (SSSR count). The van der Waals surface area contributed by atoms with E-state index in [2.05, 4.69) is 5.32 Å². The van der Waals surface area contributed by atoms with Crippen molar-refractivity contribution in [2.75, 3.05) is 13.2 Å². The topological polar surface area (TPSA) is 58.6 Å². The predicted molar refractivity (Wildman–Crippen MR) is 71.0 cm³/mol. The zero-order chi connectivity index (χ0) is 13.4. The molecule has 0 bridgehead atoms. The molecule has 2 N–H and O–H groups in total. The maximum absolute atomic E-state index is 11.8. The lowest BCUT2D eigenvalue weighted by atomic mass is 9.92. The molecule has 1 aliphatic rings.